The second-order valence-corrected chi connectivity index (χ2v) is 8.29. The van der Waals surface area contributed by atoms with Crippen LogP contribution >= 0.6 is 0 Å². The molecule has 0 saturated carbocycles. The molecule has 0 spiro atoms. The molecule has 1 fully saturated rings. The lowest BCUT2D eigenvalue weighted by Crippen LogP contribution is -2.44. The zero-order valence-corrected chi connectivity index (χ0v) is 19.8. The van der Waals surface area contributed by atoms with Gasteiger partial charge in [0.05, 0.1) is 25.0 Å². The summed E-state index contributed by atoms with van der Waals surface area (Å²) in [5, 5.41) is 14.2. The first-order chi connectivity index (χ1) is 17.2. The lowest BCUT2D eigenvalue weighted by atomic mass is 10.3. The smallest absolute Gasteiger partial charge is 0.475 e. The summed E-state index contributed by atoms with van der Waals surface area (Å²) in [6.45, 7) is 9.52. The average molecular weight is 543 g/mol. The average Bonchev–Trinajstić information content (AvgIpc) is 3.45. The molecule has 10 nitrogen and oxygen atoms in total. The van der Waals surface area contributed by atoms with Gasteiger partial charge < -0.3 is 24.1 Å². The van der Waals surface area contributed by atoms with E-state index in [1.807, 2.05) is 12.1 Å². The third-order valence-corrected chi connectivity index (χ3v) is 5.45. The summed E-state index contributed by atoms with van der Waals surface area (Å²) < 4.78 is 71.3. The van der Waals surface area contributed by atoms with Gasteiger partial charge in [0, 0.05) is 52.0 Å². The second kappa shape index (κ2) is 12.9. The number of piperazine rings is 1. The van der Waals surface area contributed by atoms with Gasteiger partial charge in [-0.05, 0) is 19.2 Å². The SMILES string of the molecule is CN1CCN(Cc2cnc3n2CCN(Cc2ccco2)C3)CC1.O=C(O)C(F)(F)F.O=C(O)C(F)(F)F. The molecular formula is C21H27F6N5O5. The highest BCUT2D eigenvalue weighted by Crippen LogP contribution is 2.18. The van der Waals surface area contributed by atoms with Gasteiger partial charge in [0.15, 0.2) is 0 Å². The summed E-state index contributed by atoms with van der Waals surface area (Å²) in [6.07, 6.45) is -6.35. The number of fused-ring (bicyclic) bond motifs is 1. The van der Waals surface area contributed by atoms with Gasteiger partial charge in [-0.3, -0.25) is 9.80 Å². The predicted octanol–water partition coefficient (Wildman–Crippen LogP) is 2.51. The minimum Gasteiger partial charge on any atom is -0.475 e. The van der Waals surface area contributed by atoms with Crippen LogP contribution in [0, 0.1) is 0 Å². The molecule has 37 heavy (non-hydrogen) atoms. The maximum absolute atomic E-state index is 10.6. The first-order valence-corrected chi connectivity index (χ1v) is 11.0. The number of hydrogen-bond donors (Lipinski definition) is 2. The van der Waals surface area contributed by atoms with Crippen LogP contribution in [0.5, 0.6) is 0 Å². The van der Waals surface area contributed by atoms with Gasteiger partial charge in [0.25, 0.3) is 0 Å². The number of hydrogen-bond acceptors (Lipinski definition) is 7. The Balaban J connectivity index is 0.000000286. The lowest BCUT2D eigenvalue weighted by molar-refractivity contribution is -0.193. The monoisotopic (exact) mass is 543 g/mol. The number of carboxylic acids is 2. The van der Waals surface area contributed by atoms with E-state index in [9.17, 15) is 26.3 Å². The zero-order chi connectivity index (χ0) is 27.8. The van der Waals surface area contributed by atoms with E-state index >= 15 is 0 Å². The van der Waals surface area contributed by atoms with Crippen molar-refractivity contribution in [3.05, 3.63) is 41.9 Å². The van der Waals surface area contributed by atoms with Gasteiger partial charge in [-0.1, -0.05) is 0 Å². The standard InChI is InChI=1S/C17H25N5O.2C2HF3O2/c1-19-4-6-20(7-5-19)12-15-11-18-17-14-21(8-9-22(15)17)13-16-3-2-10-23-16;2*3-2(4,5)1(6)7/h2-3,10-11H,4-9,12-14H2,1H3;2*(H,6,7). The molecule has 2 N–H and O–H groups in total. The number of imidazole rings is 1. The van der Waals surface area contributed by atoms with Crippen LogP contribution in [0.15, 0.2) is 29.0 Å². The molecule has 1 saturated heterocycles. The summed E-state index contributed by atoms with van der Waals surface area (Å²) in [5.41, 5.74) is 1.36. The number of nitrogens with zero attached hydrogens (tertiary/aromatic N) is 5. The van der Waals surface area contributed by atoms with Gasteiger partial charge in [0.1, 0.15) is 11.6 Å². The van der Waals surface area contributed by atoms with Crippen molar-refractivity contribution in [2.24, 2.45) is 0 Å². The van der Waals surface area contributed by atoms with E-state index in [4.69, 9.17) is 24.2 Å². The van der Waals surface area contributed by atoms with Crippen LogP contribution in [-0.2, 0) is 35.8 Å². The summed E-state index contributed by atoms with van der Waals surface area (Å²) in [6, 6.07) is 3.99. The predicted molar refractivity (Wildman–Crippen MR) is 115 cm³/mol. The fourth-order valence-electron chi connectivity index (χ4n) is 3.49. The largest absolute Gasteiger partial charge is 0.490 e. The number of carbonyl (C=O) groups is 2. The van der Waals surface area contributed by atoms with Crippen molar-refractivity contribution in [1.29, 1.82) is 0 Å². The molecule has 0 aliphatic carbocycles. The molecule has 0 unspecified atom stereocenters. The van der Waals surface area contributed by atoms with Crippen LogP contribution in [0.4, 0.5) is 26.3 Å². The number of alkyl halides is 6. The maximum Gasteiger partial charge on any atom is 0.490 e. The minimum absolute atomic E-state index is 0.869. The van der Waals surface area contributed by atoms with E-state index in [1.165, 1.54) is 11.5 Å². The third kappa shape index (κ3) is 10.0. The van der Waals surface area contributed by atoms with Crippen LogP contribution in [0.25, 0.3) is 0 Å². The van der Waals surface area contributed by atoms with Gasteiger partial charge in [-0.2, -0.15) is 26.3 Å². The molecule has 4 heterocycles. The fourth-order valence-corrected chi connectivity index (χ4v) is 3.49. The van der Waals surface area contributed by atoms with Crippen molar-refractivity contribution in [2.75, 3.05) is 39.8 Å². The Kier molecular flexibility index (Phi) is 10.5. The Bertz CT molecular complexity index is 977. The highest BCUT2D eigenvalue weighted by molar-refractivity contribution is 5.73. The van der Waals surface area contributed by atoms with Crippen LogP contribution in [0.2, 0.25) is 0 Å². The number of furan rings is 1. The number of aliphatic carboxylic acids is 2. The normalized spacial score (nSPS) is 17.2. The third-order valence-electron chi connectivity index (χ3n) is 5.45. The van der Waals surface area contributed by atoms with Crippen LogP contribution in [-0.4, -0.2) is 98.5 Å². The Labute approximate surface area is 207 Å². The van der Waals surface area contributed by atoms with Crippen LogP contribution < -0.4 is 0 Å². The number of likely N-dealkylation sites (N-methyl/N-ethyl adjacent to an activating group) is 1. The highest BCUT2D eigenvalue weighted by Gasteiger charge is 2.38. The zero-order valence-electron chi connectivity index (χ0n) is 19.8. The van der Waals surface area contributed by atoms with E-state index in [-0.39, 0.29) is 0 Å². The first kappa shape index (κ1) is 30.1. The fraction of sp³-hybridized carbons (Fsp3) is 0.571. The molecule has 2 aliphatic heterocycles. The lowest BCUT2D eigenvalue weighted by Gasteiger charge is -2.33. The molecule has 2 aliphatic rings. The van der Waals surface area contributed by atoms with Gasteiger partial charge in [-0.15, -0.1) is 0 Å². The van der Waals surface area contributed by atoms with Crippen LogP contribution in [0.1, 0.15) is 17.3 Å². The number of aromatic nitrogens is 2. The van der Waals surface area contributed by atoms with Crippen molar-refractivity contribution >= 4 is 11.9 Å². The summed E-state index contributed by atoms with van der Waals surface area (Å²) >= 11 is 0. The maximum atomic E-state index is 10.6. The molecule has 2 aromatic heterocycles. The van der Waals surface area contributed by atoms with E-state index in [1.54, 1.807) is 6.26 Å². The minimum atomic E-state index is -5.08. The van der Waals surface area contributed by atoms with Crippen molar-refractivity contribution in [3.63, 3.8) is 0 Å². The van der Waals surface area contributed by atoms with Gasteiger partial charge >= 0.3 is 24.3 Å². The Morgan fingerprint density at radius 1 is 0.919 bits per heavy atom. The number of carboxylic acid groups (broad SMARTS) is 2. The highest BCUT2D eigenvalue weighted by atomic mass is 19.4. The van der Waals surface area contributed by atoms with Crippen molar-refractivity contribution < 1.29 is 50.6 Å². The summed E-state index contributed by atoms with van der Waals surface area (Å²) in [5.74, 6) is -3.30. The van der Waals surface area contributed by atoms with Gasteiger partial charge in [0.2, 0.25) is 0 Å². The number of halogens is 6. The molecule has 16 heteroatoms. The molecular weight excluding hydrogens is 516 g/mol. The number of rotatable bonds is 4. The van der Waals surface area contributed by atoms with Gasteiger partial charge in [-0.25, -0.2) is 14.6 Å². The molecule has 0 atom stereocenters. The quantitative estimate of drug-likeness (QED) is 0.562. The summed E-state index contributed by atoms with van der Waals surface area (Å²) in [7, 11) is 2.20. The van der Waals surface area contributed by atoms with Crippen molar-refractivity contribution in [3.8, 4) is 0 Å². The second-order valence-electron chi connectivity index (χ2n) is 8.29. The Hall–Kier alpha value is -3.11. The first-order valence-electron chi connectivity index (χ1n) is 11.0. The van der Waals surface area contributed by atoms with E-state index in [2.05, 4.69) is 37.5 Å². The molecule has 0 amide bonds. The van der Waals surface area contributed by atoms with Crippen molar-refractivity contribution in [2.45, 2.75) is 38.5 Å². The van der Waals surface area contributed by atoms with E-state index in [0.29, 0.717) is 0 Å². The Morgan fingerprint density at radius 2 is 1.46 bits per heavy atom. The molecule has 208 valence electrons. The molecule has 0 bridgehead atoms. The van der Waals surface area contributed by atoms with E-state index < -0.39 is 24.3 Å². The Morgan fingerprint density at radius 3 is 1.95 bits per heavy atom. The van der Waals surface area contributed by atoms with Crippen LogP contribution in [0.3, 0.4) is 0 Å². The van der Waals surface area contributed by atoms with Crippen molar-refractivity contribution in [1.82, 2.24) is 24.3 Å². The summed E-state index contributed by atoms with van der Waals surface area (Å²) in [4.78, 5) is 29.8. The van der Waals surface area contributed by atoms with E-state index in [0.717, 1.165) is 64.7 Å². The molecule has 2 aromatic rings. The molecule has 0 aromatic carbocycles. The topological polar surface area (TPSA) is 115 Å². The molecule has 0 radical (unpaired) electrons. The molecule has 4 rings (SSSR count).